The normalized spacial score (nSPS) is 21.6. The maximum atomic E-state index is 6.05. The molecule has 2 aliphatic rings. The summed E-state index contributed by atoms with van der Waals surface area (Å²) in [4.78, 5) is 4.50. The van der Waals surface area contributed by atoms with Gasteiger partial charge in [0.15, 0.2) is 5.96 Å². The van der Waals surface area contributed by atoms with Crippen LogP contribution < -0.4 is 11.1 Å². The van der Waals surface area contributed by atoms with E-state index in [-0.39, 0.29) is 24.0 Å². The number of benzene rings is 1. The molecule has 0 aromatic heterocycles. The average Bonchev–Trinajstić information content (AvgIpc) is 2.54. The number of fused-ring (bicyclic) bond motifs is 1. The lowest BCUT2D eigenvalue weighted by Crippen LogP contribution is -2.26. The molecule has 1 unspecified atom stereocenters. The van der Waals surface area contributed by atoms with E-state index in [9.17, 15) is 0 Å². The van der Waals surface area contributed by atoms with E-state index in [2.05, 4.69) is 28.5 Å². The lowest BCUT2D eigenvalue weighted by Gasteiger charge is -2.21. The molecule has 1 heterocycles. The van der Waals surface area contributed by atoms with E-state index in [4.69, 9.17) is 10.5 Å². The van der Waals surface area contributed by atoms with Crippen LogP contribution in [0.1, 0.15) is 36.8 Å². The SMILES string of the molecule is I.NC(=NCC1CCCOC1)Nc1cccc2c1CCCC2. The van der Waals surface area contributed by atoms with Gasteiger partial charge in [-0.25, -0.2) is 0 Å². The number of ether oxygens (including phenoxy) is 1. The van der Waals surface area contributed by atoms with E-state index in [1.54, 1.807) is 0 Å². The van der Waals surface area contributed by atoms with Crippen LogP contribution in [-0.4, -0.2) is 25.7 Å². The van der Waals surface area contributed by atoms with E-state index in [1.807, 2.05) is 0 Å². The number of rotatable bonds is 3. The van der Waals surface area contributed by atoms with Crippen LogP contribution in [0, 0.1) is 5.92 Å². The van der Waals surface area contributed by atoms with Gasteiger partial charge in [-0.3, -0.25) is 4.99 Å². The van der Waals surface area contributed by atoms with Crippen molar-refractivity contribution in [2.45, 2.75) is 38.5 Å². The highest BCUT2D eigenvalue weighted by Gasteiger charge is 2.15. The van der Waals surface area contributed by atoms with Gasteiger partial charge in [-0.05, 0) is 55.7 Å². The third kappa shape index (κ3) is 4.59. The van der Waals surface area contributed by atoms with Gasteiger partial charge in [-0.1, -0.05) is 12.1 Å². The lowest BCUT2D eigenvalue weighted by molar-refractivity contribution is 0.0582. The van der Waals surface area contributed by atoms with Crippen LogP contribution in [0.25, 0.3) is 0 Å². The summed E-state index contributed by atoms with van der Waals surface area (Å²) < 4.78 is 5.48. The van der Waals surface area contributed by atoms with Crippen LogP contribution >= 0.6 is 24.0 Å². The molecule has 3 rings (SSSR count). The van der Waals surface area contributed by atoms with Crippen molar-refractivity contribution >= 4 is 35.6 Å². The molecule has 0 bridgehead atoms. The molecule has 0 radical (unpaired) electrons. The van der Waals surface area contributed by atoms with Crippen LogP contribution in [0.3, 0.4) is 0 Å². The van der Waals surface area contributed by atoms with Crippen LogP contribution in [0.15, 0.2) is 23.2 Å². The fourth-order valence-electron chi connectivity index (χ4n) is 3.25. The first kappa shape index (κ1) is 17.5. The Morgan fingerprint density at radius 3 is 2.95 bits per heavy atom. The molecular weight excluding hydrogens is 389 g/mol. The smallest absolute Gasteiger partial charge is 0.193 e. The van der Waals surface area contributed by atoms with E-state index >= 15 is 0 Å². The summed E-state index contributed by atoms with van der Waals surface area (Å²) in [5.41, 5.74) is 10.1. The molecule has 3 N–H and O–H groups in total. The Morgan fingerprint density at radius 1 is 1.27 bits per heavy atom. The Morgan fingerprint density at radius 2 is 2.14 bits per heavy atom. The second-order valence-electron chi connectivity index (χ2n) is 6.08. The van der Waals surface area contributed by atoms with Crippen molar-refractivity contribution < 1.29 is 4.74 Å². The molecule has 22 heavy (non-hydrogen) atoms. The number of aryl methyl sites for hydroxylation is 1. The van der Waals surface area contributed by atoms with Crippen molar-refractivity contribution in [3.05, 3.63) is 29.3 Å². The number of guanidine groups is 1. The third-order valence-corrected chi connectivity index (χ3v) is 4.43. The highest BCUT2D eigenvalue weighted by atomic mass is 127. The number of nitrogens with one attached hydrogen (secondary N) is 1. The molecule has 1 aliphatic carbocycles. The highest BCUT2D eigenvalue weighted by Crippen LogP contribution is 2.27. The monoisotopic (exact) mass is 415 g/mol. The molecule has 1 aromatic carbocycles. The number of halogens is 1. The molecular formula is C17H26IN3O. The zero-order valence-corrected chi connectivity index (χ0v) is 15.3. The third-order valence-electron chi connectivity index (χ3n) is 4.43. The largest absolute Gasteiger partial charge is 0.381 e. The van der Waals surface area contributed by atoms with E-state index in [0.29, 0.717) is 11.9 Å². The fraction of sp³-hybridized carbons (Fsp3) is 0.588. The average molecular weight is 415 g/mol. The topological polar surface area (TPSA) is 59.6 Å². The Bertz CT molecular complexity index is 513. The van der Waals surface area contributed by atoms with Crippen molar-refractivity contribution in [3.8, 4) is 0 Å². The minimum absolute atomic E-state index is 0. The van der Waals surface area contributed by atoms with Gasteiger partial charge in [0, 0.05) is 24.8 Å². The molecule has 1 aromatic rings. The summed E-state index contributed by atoms with van der Waals surface area (Å²) >= 11 is 0. The second kappa shape index (κ2) is 8.72. The highest BCUT2D eigenvalue weighted by molar-refractivity contribution is 14.0. The zero-order chi connectivity index (χ0) is 14.5. The minimum atomic E-state index is 0. The van der Waals surface area contributed by atoms with Crippen molar-refractivity contribution in [1.29, 1.82) is 0 Å². The number of hydrogen-bond acceptors (Lipinski definition) is 2. The van der Waals surface area contributed by atoms with Crippen molar-refractivity contribution in [2.75, 3.05) is 25.1 Å². The zero-order valence-electron chi connectivity index (χ0n) is 13.0. The van der Waals surface area contributed by atoms with Gasteiger partial charge in [0.2, 0.25) is 0 Å². The van der Waals surface area contributed by atoms with Crippen LogP contribution in [-0.2, 0) is 17.6 Å². The van der Waals surface area contributed by atoms with Gasteiger partial charge in [0.05, 0.1) is 6.61 Å². The molecule has 4 nitrogen and oxygen atoms in total. The number of nitrogens with two attached hydrogens (primary N) is 1. The van der Waals surface area contributed by atoms with Crippen molar-refractivity contribution in [1.82, 2.24) is 0 Å². The van der Waals surface area contributed by atoms with Crippen LogP contribution in [0.2, 0.25) is 0 Å². The second-order valence-corrected chi connectivity index (χ2v) is 6.08. The Hall–Kier alpha value is -0.820. The number of nitrogens with zero attached hydrogens (tertiary/aromatic N) is 1. The summed E-state index contributed by atoms with van der Waals surface area (Å²) in [7, 11) is 0. The molecule has 0 amide bonds. The summed E-state index contributed by atoms with van der Waals surface area (Å²) in [6.45, 7) is 2.47. The Labute approximate surface area is 149 Å². The molecule has 1 fully saturated rings. The van der Waals surface area contributed by atoms with Gasteiger partial charge in [0.1, 0.15) is 0 Å². The van der Waals surface area contributed by atoms with Gasteiger partial charge < -0.3 is 15.8 Å². The standard InChI is InChI=1S/C17H25N3O.HI/c18-17(19-11-13-5-4-10-21-12-13)20-16-9-3-7-14-6-1-2-8-15(14)16;/h3,7,9,13H,1-2,4-6,8,10-12H2,(H3,18,19,20);1H. The first-order chi connectivity index (χ1) is 10.3. The minimum Gasteiger partial charge on any atom is -0.381 e. The number of hydrogen-bond donors (Lipinski definition) is 2. The van der Waals surface area contributed by atoms with E-state index in [0.717, 1.165) is 38.3 Å². The number of anilines is 1. The Balaban J connectivity index is 0.00000176. The molecule has 122 valence electrons. The molecule has 5 heteroatoms. The fourth-order valence-corrected chi connectivity index (χ4v) is 3.25. The maximum Gasteiger partial charge on any atom is 0.193 e. The predicted octanol–water partition coefficient (Wildman–Crippen LogP) is 3.34. The molecule has 1 aliphatic heterocycles. The van der Waals surface area contributed by atoms with E-state index in [1.165, 1.54) is 36.8 Å². The quantitative estimate of drug-likeness (QED) is 0.452. The van der Waals surface area contributed by atoms with Crippen molar-refractivity contribution in [3.63, 3.8) is 0 Å². The van der Waals surface area contributed by atoms with Gasteiger partial charge >= 0.3 is 0 Å². The van der Waals surface area contributed by atoms with Crippen molar-refractivity contribution in [2.24, 2.45) is 16.6 Å². The Kier molecular flexibility index (Phi) is 6.95. The molecule has 1 atom stereocenters. The van der Waals surface area contributed by atoms with Crippen LogP contribution in [0.5, 0.6) is 0 Å². The molecule has 0 spiro atoms. The lowest BCUT2D eigenvalue weighted by atomic mass is 9.90. The summed E-state index contributed by atoms with van der Waals surface area (Å²) in [5.74, 6) is 1.04. The number of aliphatic imine (C=N–C) groups is 1. The summed E-state index contributed by atoms with van der Waals surface area (Å²) in [6, 6.07) is 6.44. The summed E-state index contributed by atoms with van der Waals surface area (Å²) in [5, 5.41) is 3.30. The maximum absolute atomic E-state index is 6.05. The van der Waals surface area contributed by atoms with E-state index < -0.39 is 0 Å². The van der Waals surface area contributed by atoms with Gasteiger partial charge in [-0.15, -0.1) is 24.0 Å². The first-order valence-electron chi connectivity index (χ1n) is 8.08. The summed E-state index contributed by atoms with van der Waals surface area (Å²) in [6.07, 6.45) is 7.21. The molecule has 1 saturated heterocycles. The van der Waals surface area contributed by atoms with Crippen LogP contribution in [0.4, 0.5) is 5.69 Å². The van der Waals surface area contributed by atoms with Gasteiger partial charge in [0.25, 0.3) is 0 Å². The molecule has 0 saturated carbocycles. The first-order valence-corrected chi connectivity index (χ1v) is 8.08. The predicted molar refractivity (Wildman–Crippen MR) is 102 cm³/mol. The van der Waals surface area contributed by atoms with Gasteiger partial charge in [-0.2, -0.15) is 0 Å².